The SMILES string of the molecule is CCOc1cc2c3c(c1)C(=C1SC(=S)NC1=O)C(=O)N3C(C)(C)C=C2C. The van der Waals surface area contributed by atoms with Gasteiger partial charge < -0.3 is 10.1 Å². The van der Waals surface area contributed by atoms with Crippen LogP contribution >= 0.6 is 24.0 Å². The van der Waals surface area contributed by atoms with Crippen molar-refractivity contribution >= 4 is 56.9 Å². The maximum absolute atomic E-state index is 13.4. The number of carbonyl (C=O) groups excluding carboxylic acids is 2. The van der Waals surface area contributed by atoms with Crippen molar-refractivity contribution in [3.63, 3.8) is 0 Å². The zero-order chi connectivity index (χ0) is 18.8. The molecule has 1 aromatic rings. The van der Waals surface area contributed by atoms with Gasteiger partial charge in [-0.3, -0.25) is 14.5 Å². The lowest BCUT2D eigenvalue weighted by Crippen LogP contribution is -2.46. The highest BCUT2D eigenvalue weighted by atomic mass is 32.2. The van der Waals surface area contributed by atoms with Crippen LogP contribution in [0.1, 0.15) is 38.8 Å². The van der Waals surface area contributed by atoms with E-state index in [4.69, 9.17) is 17.0 Å². The molecule has 1 saturated heterocycles. The largest absolute Gasteiger partial charge is 0.494 e. The van der Waals surface area contributed by atoms with Gasteiger partial charge in [0.2, 0.25) is 0 Å². The van der Waals surface area contributed by atoms with E-state index >= 15 is 0 Å². The lowest BCUT2D eigenvalue weighted by Gasteiger charge is -2.38. The predicted molar refractivity (Wildman–Crippen MR) is 108 cm³/mol. The summed E-state index contributed by atoms with van der Waals surface area (Å²) in [4.78, 5) is 27.9. The quantitative estimate of drug-likeness (QED) is 0.623. The highest BCUT2D eigenvalue weighted by Crippen LogP contribution is 2.52. The molecule has 26 heavy (non-hydrogen) atoms. The Morgan fingerprint density at radius 2 is 1.96 bits per heavy atom. The van der Waals surface area contributed by atoms with E-state index < -0.39 is 5.54 Å². The van der Waals surface area contributed by atoms with Crippen molar-refractivity contribution in [2.75, 3.05) is 11.5 Å². The number of thiocarbonyl (C=S) groups is 1. The Bertz CT molecular complexity index is 960. The molecule has 0 aliphatic carbocycles. The lowest BCUT2D eigenvalue weighted by atomic mass is 9.89. The van der Waals surface area contributed by atoms with Crippen LogP contribution in [0.4, 0.5) is 5.69 Å². The third-order valence-electron chi connectivity index (χ3n) is 4.72. The summed E-state index contributed by atoms with van der Waals surface area (Å²) < 4.78 is 6.08. The summed E-state index contributed by atoms with van der Waals surface area (Å²) in [6, 6.07) is 3.82. The van der Waals surface area contributed by atoms with E-state index in [2.05, 4.69) is 11.4 Å². The predicted octanol–water partition coefficient (Wildman–Crippen LogP) is 3.49. The molecule has 3 aliphatic rings. The van der Waals surface area contributed by atoms with Crippen LogP contribution in [0.15, 0.2) is 23.1 Å². The Balaban J connectivity index is 2.05. The standard InChI is InChI=1S/C19H18N2O3S2/c1-5-24-10-6-11-9(2)8-19(3,4)21-14(11)12(7-10)13(17(21)23)15-16(22)20-18(25)26-15/h6-8H,5H2,1-4H3,(H,20,22,25). The fourth-order valence-corrected chi connectivity index (χ4v) is 4.95. The minimum atomic E-state index is -0.487. The zero-order valence-corrected chi connectivity index (χ0v) is 16.6. The smallest absolute Gasteiger partial charge is 0.264 e. The number of thioether (sulfide) groups is 1. The highest BCUT2D eigenvalue weighted by Gasteiger charge is 2.47. The van der Waals surface area contributed by atoms with E-state index in [9.17, 15) is 9.59 Å². The number of nitrogens with zero attached hydrogens (tertiary/aromatic N) is 1. The first-order valence-electron chi connectivity index (χ1n) is 8.37. The Kier molecular flexibility index (Phi) is 3.79. The van der Waals surface area contributed by atoms with Crippen LogP contribution in [0.2, 0.25) is 0 Å². The van der Waals surface area contributed by atoms with Gasteiger partial charge in [-0.1, -0.05) is 30.1 Å². The van der Waals surface area contributed by atoms with Gasteiger partial charge in [0.15, 0.2) is 0 Å². The number of hydrogen-bond acceptors (Lipinski definition) is 5. The molecule has 0 unspecified atom stereocenters. The fourth-order valence-electron chi connectivity index (χ4n) is 3.84. The first kappa shape index (κ1) is 17.3. The van der Waals surface area contributed by atoms with E-state index in [0.29, 0.717) is 27.2 Å². The number of allylic oxidation sites excluding steroid dienone is 1. The van der Waals surface area contributed by atoms with Crippen LogP contribution in [0.3, 0.4) is 0 Å². The van der Waals surface area contributed by atoms with Gasteiger partial charge in [0.05, 0.1) is 28.3 Å². The molecule has 0 bridgehead atoms. The molecule has 5 nitrogen and oxygen atoms in total. The summed E-state index contributed by atoms with van der Waals surface area (Å²) in [5.74, 6) is 0.194. The average molecular weight is 386 g/mol. The number of ether oxygens (including phenoxy) is 1. The van der Waals surface area contributed by atoms with Crippen molar-refractivity contribution in [1.82, 2.24) is 5.32 Å². The third-order valence-corrected chi connectivity index (χ3v) is 5.95. The number of benzene rings is 1. The van der Waals surface area contributed by atoms with Crippen LogP contribution in [-0.2, 0) is 9.59 Å². The molecule has 0 atom stereocenters. The molecule has 1 aromatic carbocycles. The number of hydrogen-bond donors (Lipinski definition) is 1. The Morgan fingerprint density at radius 1 is 1.27 bits per heavy atom. The Hall–Kier alpha value is -2.12. The molecule has 1 fully saturated rings. The zero-order valence-electron chi connectivity index (χ0n) is 14.9. The summed E-state index contributed by atoms with van der Waals surface area (Å²) in [6.07, 6.45) is 2.08. The second kappa shape index (κ2) is 5.69. The van der Waals surface area contributed by atoms with Crippen LogP contribution in [0.25, 0.3) is 11.1 Å². The minimum absolute atomic E-state index is 0.175. The first-order chi connectivity index (χ1) is 12.2. The van der Waals surface area contributed by atoms with E-state index in [1.165, 1.54) is 0 Å². The van der Waals surface area contributed by atoms with Gasteiger partial charge in [0.25, 0.3) is 11.8 Å². The topological polar surface area (TPSA) is 58.6 Å². The minimum Gasteiger partial charge on any atom is -0.494 e. The van der Waals surface area contributed by atoms with Gasteiger partial charge in [-0.2, -0.15) is 0 Å². The first-order valence-corrected chi connectivity index (χ1v) is 9.60. The van der Waals surface area contributed by atoms with Crippen molar-refractivity contribution in [2.45, 2.75) is 33.2 Å². The van der Waals surface area contributed by atoms with Gasteiger partial charge in [-0.05, 0) is 45.4 Å². The maximum atomic E-state index is 13.4. The summed E-state index contributed by atoms with van der Waals surface area (Å²) in [6.45, 7) is 8.47. The van der Waals surface area contributed by atoms with Gasteiger partial charge in [0.1, 0.15) is 10.1 Å². The molecule has 1 N–H and O–H groups in total. The normalized spacial score (nSPS) is 23.2. The second-order valence-electron chi connectivity index (χ2n) is 6.97. The molecule has 0 radical (unpaired) electrons. The number of rotatable bonds is 2. The van der Waals surface area contributed by atoms with Crippen LogP contribution in [0, 0.1) is 0 Å². The van der Waals surface area contributed by atoms with E-state index in [1.807, 2.05) is 39.8 Å². The summed E-state index contributed by atoms with van der Waals surface area (Å²) >= 11 is 6.25. The van der Waals surface area contributed by atoms with Crippen molar-refractivity contribution in [3.8, 4) is 5.75 Å². The van der Waals surface area contributed by atoms with Crippen molar-refractivity contribution in [2.24, 2.45) is 0 Å². The van der Waals surface area contributed by atoms with Crippen molar-refractivity contribution in [1.29, 1.82) is 0 Å². The van der Waals surface area contributed by atoms with Crippen LogP contribution in [-0.4, -0.2) is 28.3 Å². The molecule has 2 amide bonds. The molecule has 0 saturated carbocycles. The molecule has 3 heterocycles. The second-order valence-corrected chi connectivity index (χ2v) is 8.66. The van der Waals surface area contributed by atoms with Crippen LogP contribution < -0.4 is 15.0 Å². The summed E-state index contributed by atoms with van der Waals surface area (Å²) in [7, 11) is 0. The number of nitrogens with one attached hydrogen (secondary N) is 1. The van der Waals surface area contributed by atoms with Crippen LogP contribution in [0.5, 0.6) is 5.75 Å². The molecule has 0 spiro atoms. The maximum Gasteiger partial charge on any atom is 0.264 e. The van der Waals surface area contributed by atoms with Gasteiger partial charge in [0, 0.05) is 11.1 Å². The molecular formula is C19H18N2O3S2. The van der Waals surface area contributed by atoms with E-state index in [0.717, 1.165) is 34.1 Å². The van der Waals surface area contributed by atoms with E-state index in [1.54, 1.807) is 4.90 Å². The Labute approximate surface area is 161 Å². The lowest BCUT2D eigenvalue weighted by molar-refractivity contribution is -0.116. The molecule has 4 rings (SSSR count). The molecular weight excluding hydrogens is 368 g/mol. The Morgan fingerprint density at radius 3 is 2.58 bits per heavy atom. The molecule has 0 aromatic heterocycles. The molecule has 134 valence electrons. The number of anilines is 1. The summed E-state index contributed by atoms with van der Waals surface area (Å²) in [5, 5.41) is 2.61. The van der Waals surface area contributed by atoms with Gasteiger partial charge in [-0.25, -0.2) is 0 Å². The van der Waals surface area contributed by atoms with Gasteiger partial charge in [-0.15, -0.1) is 0 Å². The molecule has 3 aliphatic heterocycles. The highest BCUT2D eigenvalue weighted by molar-refractivity contribution is 8.27. The fraction of sp³-hybridized carbons (Fsp3) is 0.316. The average Bonchev–Trinajstić information content (AvgIpc) is 3.01. The number of amides is 2. The number of carbonyl (C=O) groups is 2. The molecule has 7 heteroatoms. The monoisotopic (exact) mass is 386 g/mol. The van der Waals surface area contributed by atoms with E-state index in [-0.39, 0.29) is 11.8 Å². The third kappa shape index (κ3) is 2.34. The van der Waals surface area contributed by atoms with Crippen molar-refractivity contribution < 1.29 is 14.3 Å². The van der Waals surface area contributed by atoms with Crippen molar-refractivity contribution in [3.05, 3.63) is 34.2 Å². The summed E-state index contributed by atoms with van der Waals surface area (Å²) in [5.41, 5.74) is 3.54. The van der Waals surface area contributed by atoms with Gasteiger partial charge >= 0.3 is 0 Å².